The Hall–Kier alpha value is -1.24. The Kier molecular flexibility index (Phi) is 3.28. The van der Waals surface area contributed by atoms with Crippen LogP contribution in [0.2, 0.25) is 5.02 Å². The molecule has 0 atom stereocenters. The second-order valence-electron chi connectivity index (χ2n) is 3.24. The Morgan fingerprint density at radius 1 is 1.24 bits per heavy atom. The van der Waals surface area contributed by atoms with Gasteiger partial charge in [0.05, 0.1) is 16.4 Å². The summed E-state index contributed by atoms with van der Waals surface area (Å²) >= 11 is 7.02. The molecule has 0 unspecified atom stereocenters. The van der Waals surface area contributed by atoms with Gasteiger partial charge in [0, 0.05) is 0 Å². The van der Waals surface area contributed by atoms with Gasteiger partial charge in [-0.25, -0.2) is 8.42 Å². The van der Waals surface area contributed by atoms with Crippen molar-refractivity contribution in [2.75, 3.05) is 10.5 Å². The first-order valence-corrected chi connectivity index (χ1v) is 7.35. The number of halogens is 1. The number of sulfonamides is 1. The van der Waals surface area contributed by atoms with Gasteiger partial charge in [-0.1, -0.05) is 23.7 Å². The zero-order valence-corrected chi connectivity index (χ0v) is 10.9. The summed E-state index contributed by atoms with van der Waals surface area (Å²) in [5.41, 5.74) is 6.17. The van der Waals surface area contributed by atoms with Crippen LogP contribution in [0.4, 0.5) is 11.4 Å². The fourth-order valence-corrected chi connectivity index (χ4v) is 3.64. The van der Waals surface area contributed by atoms with Gasteiger partial charge in [0.1, 0.15) is 4.21 Å². The standard InChI is InChI=1S/C10H9ClN2O2S2/c11-7-3-1-4-8(12)10(7)13-17(14,15)9-5-2-6-16-9/h1-6,13H,12H2. The number of benzene rings is 1. The molecule has 1 aromatic carbocycles. The lowest BCUT2D eigenvalue weighted by atomic mass is 10.3. The minimum absolute atomic E-state index is 0.211. The van der Waals surface area contributed by atoms with Gasteiger partial charge in [-0.05, 0) is 23.6 Å². The summed E-state index contributed by atoms with van der Waals surface area (Å²) in [6.07, 6.45) is 0. The minimum atomic E-state index is -3.61. The molecule has 0 amide bonds. The summed E-state index contributed by atoms with van der Waals surface area (Å²) in [7, 11) is -3.61. The molecule has 0 aliphatic heterocycles. The van der Waals surface area contributed by atoms with Crippen LogP contribution in [-0.4, -0.2) is 8.42 Å². The fourth-order valence-electron chi connectivity index (χ4n) is 1.25. The first kappa shape index (κ1) is 12.2. The highest BCUT2D eigenvalue weighted by molar-refractivity contribution is 7.94. The lowest BCUT2D eigenvalue weighted by molar-refractivity contribution is 0.603. The Morgan fingerprint density at radius 3 is 2.59 bits per heavy atom. The number of nitrogens with two attached hydrogens (primary N) is 1. The molecule has 2 rings (SSSR count). The molecule has 0 fully saturated rings. The van der Waals surface area contributed by atoms with Gasteiger partial charge in [0.25, 0.3) is 10.0 Å². The molecule has 0 radical (unpaired) electrons. The van der Waals surface area contributed by atoms with Crippen molar-refractivity contribution in [2.24, 2.45) is 0 Å². The van der Waals surface area contributed by atoms with Crippen LogP contribution in [-0.2, 0) is 10.0 Å². The predicted octanol–water partition coefficient (Wildman–Crippen LogP) is 2.78. The van der Waals surface area contributed by atoms with Gasteiger partial charge in [-0.15, -0.1) is 11.3 Å². The first-order chi connectivity index (χ1) is 8.00. The molecule has 7 heteroatoms. The predicted molar refractivity (Wildman–Crippen MR) is 71.0 cm³/mol. The zero-order chi connectivity index (χ0) is 12.5. The number of nitrogens with one attached hydrogen (secondary N) is 1. The van der Waals surface area contributed by atoms with E-state index in [-0.39, 0.29) is 20.6 Å². The van der Waals surface area contributed by atoms with Gasteiger partial charge in [-0.2, -0.15) is 0 Å². The molecule has 0 aliphatic carbocycles. The molecule has 4 nitrogen and oxygen atoms in total. The van der Waals surface area contributed by atoms with Crippen molar-refractivity contribution < 1.29 is 8.42 Å². The van der Waals surface area contributed by atoms with Crippen molar-refractivity contribution in [3.05, 3.63) is 40.7 Å². The molecule has 2 aromatic rings. The van der Waals surface area contributed by atoms with E-state index in [1.54, 1.807) is 29.6 Å². The molecule has 90 valence electrons. The molecule has 0 spiro atoms. The van der Waals surface area contributed by atoms with E-state index < -0.39 is 10.0 Å². The van der Waals surface area contributed by atoms with Gasteiger partial charge in [-0.3, -0.25) is 4.72 Å². The summed E-state index contributed by atoms with van der Waals surface area (Å²) in [6.45, 7) is 0. The highest BCUT2D eigenvalue weighted by Crippen LogP contribution is 2.30. The Balaban J connectivity index is 2.40. The number of anilines is 2. The number of hydrogen-bond acceptors (Lipinski definition) is 4. The van der Waals surface area contributed by atoms with Crippen LogP contribution in [0.15, 0.2) is 39.9 Å². The lowest BCUT2D eigenvalue weighted by Crippen LogP contribution is -2.13. The van der Waals surface area contributed by atoms with Gasteiger partial charge in [0.2, 0.25) is 0 Å². The molecule has 1 aromatic heterocycles. The van der Waals surface area contributed by atoms with Gasteiger partial charge >= 0.3 is 0 Å². The van der Waals surface area contributed by atoms with Crippen molar-refractivity contribution >= 4 is 44.3 Å². The molecule has 0 bridgehead atoms. The van der Waals surface area contributed by atoms with Crippen LogP contribution in [0.1, 0.15) is 0 Å². The van der Waals surface area contributed by atoms with Crippen LogP contribution in [0.25, 0.3) is 0 Å². The second kappa shape index (κ2) is 4.56. The molecular weight excluding hydrogens is 280 g/mol. The van der Waals surface area contributed by atoms with Crippen molar-refractivity contribution in [2.45, 2.75) is 4.21 Å². The smallest absolute Gasteiger partial charge is 0.271 e. The highest BCUT2D eigenvalue weighted by atomic mass is 35.5. The Bertz CT molecular complexity index is 604. The third-order valence-corrected chi connectivity index (χ3v) is 5.10. The van der Waals surface area contributed by atoms with E-state index in [4.69, 9.17) is 17.3 Å². The molecule has 0 saturated heterocycles. The molecule has 17 heavy (non-hydrogen) atoms. The van der Waals surface area contributed by atoms with E-state index in [1.807, 2.05) is 0 Å². The number of hydrogen-bond donors (Lipinski definition) is 2. The maximum atomic E-state index is 12.0. The average molecular weight is 289 g/mol. The number of para-hydroxylation sites is 1. The maximum Gasteiger partial charge on any atom is 0.271 e. The topological polar surface area (TPSA) is 72.2 Å². The number of rotatable bonds is 3. The molecule has 0 saturated carbocycles. The van der Waals surface area contributed by atoms with Crippen LogP contribution in [0, 0.1) is 0 Å². The minimum Gasteiger partial charge on any atom is -0.397 e. The van der Waals surface area contributed by atoms with E-state index >= 15 is 0 Å². The molecule has 1 heterocycles. The first-order valence-electron chi connectivity index (χ1n) is 4.61. The van der Waals surface area contributed by atoms with Crippen molar-refractivity contribution in [3.8, 4) is 0 Å². The van der Waals surface area contributed by atoms with Crippen LogP contribution < -0.4 is 10.5 Å². The molecule has 0 aliphatic rings. The SMILES string of the molecule is Nc1cccc(Cl)c1NS(=O)(=O)c1cccs1. The Morgan fingerprint density at radius 2 is 2.00 bits per heavy atom. The van der Waals surface area contributed by atoms with E-state index in [0.29, 0.717) is 0 Å². The quantitative estimate of drug-likeness (QED) is 0.853. The molecule has 3 N–H and O–H groups in total. The summed E-state index contributed by atoms with van der Waals surface area (Å²) in [4.78, 5) is 0. The van der Waals surface area contributed by atoms with E-state index in [9.17, 15) is 8.42 Å². The normalized spacial score (nSPS) is 11.4. The Labute approximate surface area is 108 Å². The summed E-state index contributed by atoms with van der Waals surface area (Å²) in [5, 5.41) is 1.95. The van der Waals surface area contributed by atoms with Crippen LogP contribution in [0.5, 0.6) is 0 Å². The number of nitrogen functional groups attached to an aromatic ring is 1. The van der Waals surface area contributed by atoms with Crippen molar-refractivity contribution in [1.29, 1.82) is 0 Å². The highest BCUT2D eigenvalue weighted by Gasteiger charge is 2.17. The van der Waals surface area contributed by atoms with E-state index in [1.165, 1.54) is 6.07 Å². The third kappa shape index (κ3) is 2.54. The third-order valence-electron chi connectivity index (χ3n) is 2.04. The van der Waals surface area contributed by atoms with Gasteiger partial charge in [0.15, 0.2) is 0 Å². The number of thiophene rings is 1. The fraction of sp³-hybridized carbons (Fsp3) is 0. The molecular formula is C10H9ClN2O2S2. The summed E-state index contributed by atoms with van der Waals surface area (Å²) in [6, 6.07) is 7.98. The largest absolute Gasteiger partial charge is 0.397 e. The maximum absolute atomic E-state index is 12.0. The summed E-state index contributed by atoms with van der Waals surface area (Å²) < 4.78 is 26.5. The van der Waals surface area contributed by atoms with E-state index in [0.717, 1.165) is 11.3 Å². The van der Waals surface area contributed by atoms with Crippen molar-refractivity contribution in [1.82, 2.24) is 0 Å². The lowest BCUT2D eigenvalue weighted by Gasteiger charge is -2.10. The van der Waals surface area contributed by atoms with Crippen LogP contribution in [0.3, 0.4) is 0 Å². The zero-order valence-electron chi connectivity index (χ0n) is 8.55. The van der Waals surface area contributed by atoms with Crippen molar-refractivity contribution in [3.63, 3.8) is 0 Å². The van der Waals surface area contributed by atoms with Gasteiger partial charge < -0.3 is 5.73 Å². The van der Waals surface area contributed by atoms with Crippen LogP contribution >= 0.6 is 22.9 Å². The summed E-state index contributed by atoms with van der Waals surface area (Å²) in [5.74, 6) is 0. The monoisotopic (exact) mass is 288 g/mol. The van der Waals surface area contributed by atoms with E-state index in [2.05, 4.69) is 4.72 Å². The second-order valence-corrected chi connectivity index (χ2v) is 6.51. The average Bonchev–Trinajstić information content (AvgIpc) is 2.77.